The topological polar surface area (TPSA) is 63.8 Å². The van der Waals surface area contributed by atoms with Crippen molar-refractivity contribution in [3.8, 4) is 5.75 Å². The number of benzene rings is 1. The number of Topliss-reactive ketones (excluding diaryl/α,β-unsaturated/α-hetero) is 1. The molecule has 0 radical (unpaired) electrons. The van der Waals surface area contributed by atoms with Crippen LogP contribution in [0.3, 0.4) is 0 Å². The van der Waals surface area contributed by atoms with Crippen LogP contribution in [0.1, 0.15) is 47.4 Å². The summed E-state index contributed by atoms with van der Waals surface area (Å²) in [5.41, 5.74) is 2.86. The second-order valence-corrected chi connectivity index (χ2v) is 6.87. The second kappa shape index (κ2) is 8.55. The highest BCUT2D eigenvalue weighted by Gasteiger charge is 2.23. The van der Waals surface area contributed by atoms with Gasteiger partial charge in [0, 0.05) is 24.2 Å². The smallest absolute Gasteiger partial charge is 0.182 e. The summed E-state index contributed by atoms with van der Waals surface area (Å²) in [4.78, 5) is 17.7. The number of aryl methyl sites for hydroxylation is 1. The Balaban J connectivity index is 1.93. The predicted molar refractivity (Wildman–Crippen MR) is 106 cm³/mol. The van der Waals surface area contributed by atoms with Gasteiger partial charge < -0.3 is 9.84 Å². The van der Waals surface area contributed by atoms with Crippen LogP contribution >= 0.6 is 11.6 Å². The highest BCUT2D eigenvalue weighted by molar-refractivity contribution is 6.30. The largest absolute Gasteiger partial charge is 0.490 e. The molecule has 0 saturated carbocycles. The van der Waals surface area contributed by atoms with Crippen molar-refractivity contribution in [3.63, 3.8) is 0 Å². The number of halogens is 1. The van der Waals surface area contributed by atoms with Crippen LogP contribution < -0.4 is 4.74 Å². The van der Waals surface area contributed by atoms with Crippen molar-refractivity contribution in [1.82, 2.24) is 9.38 Å². The van der Waals surface area contributed by atoms with E-state index in [0.29, 0.717) is 40.8 Å². The number of rotatable bonds is 8. The number of aliphatic hydroxyl groups is 1. The molecule has 0 fully saturated rings. The lowest BCUT2D eigenvalue weighted by atomic mass is 9.90. The van der Waals surface area contributed by atoms with E-state index in [2.05, 4.69) is 4.98 Å². The van der Waals surface area contributed by atoms with Crippen LogP contribution in [0.4, 0.5) is 0 Å². The molecule has 0 spiro atoms. The van der Waals surface area contributed by atoms with Gasteiger partial charge in [0.1, 0.15) is 5.69 Å². The van der Waals surface area contributed by atoms with Crippen LogP contribution in [0, 0.1) is 6.92 Å². The summed E-state index contributed by atoms with van der Waals surface area (Å²) in [5.74, 6) is 0.564. The molecule has 5 nitrogen and oxygen atoms in total. The van der Waals surface area contributed by atoms with Gasteiger partial charge in [-0.3, -0.25) is 9.20 Å². The first-order valence-corrected chi connectivity index (χ1v) is 9.43. The number of imidazole rings is 1. The Morgan fingerprint density at radius 2 is 2.04 bits per heavy atom. The lowest BCUT2D eigenvalue weighted by Crippen LogP contribution is -2.12. The van der Waals surface area contributed by atoms with Crippen molar-refractivity contribution in [2.24, 2.45) is 0 Å². The molecule has 3 aromatic rings. The zero-order chi connectivity index (χ0) is 19.4. The first-order chi connectivity index (χ1) is 13.0. The van der Waals surface area contributed by atoms with E-state index in [0.717, 1.165) is 5.56 Å². The van der Waals surface area contributed by atoms with E-state index in [4.69, 9.17) is 16.3 Å². The lowest BCUT2D eigenvalue weighted by molar-refractivity contribution is 0.0963. The fourth-order valence-electron chi connectivity index (χ4n) is 3.36. The fourth-order valence-corrected chi connectivity index (χ4v) is 3.48. The highest BCUT2D eigenvalue weighted by Crippen LogP contribution is 2.29. The van der Waals surface area contributed by atoms with Gasteiger partial charge >= 0.3 is 0 Å². The number of carbonyl (C=O) groups is 1. The number of carbonyl (C=O) groups excluding carboxylic acids is 1. The maximum Gasteiger partial charge on any atom is 0.182 e. The minimum absolute atomic E-state index is 0.0120. The molecule has 2 aromatic heterocycles. The third kappa shape index (κ3) is 4.15. The van der Waals surface area contributed by atoms with Crippen LogP contribution in [0.25, 0.3) is 5.65 Å². The van der Waals surface area contributed by atoms with Crippen molar-refractivity contribution in [2.45, 2.75) is 32.6 Å². The SMILES string of the molecule is CCOc1cccn2c(C(=O)C[C@@H](CCO)c3ccc(Cl)cc3)c(C)nc12. The molecule has 0 aliphatic heterocycles. The van der Waals surface area contributed by atoms with E-state index in [9.17, 15) is 9.90 Å². The quantitative estimate of drug-likeness (QED) is 0.581. The standard InChI is InChI=1S/C21H23ClN2O3/c1-3-27-19-5-4-11-24-20(14(2)23-21(19)24)18(26)13-16(10-12-25)15-6-8-17(22)9-7-15/h4-9,11,16,25H,3,10,12-13H2,1-2H3/t16-/m1/s1. The summed E-state index contributed by atoms with van der Waals surface area (Å²) in [7, 11) is 0. The molecule has 1 atom stereocenters. The normalized spacial score (nSPS) is 12.3. The van der Waals surface area contributed by atoms with Crippen molar-refractivity contribution >= 4 is 23.0 Å². The Morgan fingerprint density at radius 3 is 2.70 bits per heavy atom. The molecule has 2 heterocycles. The van der Waals surface area contributed by atoms with Gasteiger partial charge in [0.05, 0.1) is 12.3 Å². The first kappa shape index (κ1) is 19.4. The zero-order valence-corrected chi connectivity index (χ0v) is 16.2. The van der Waals surface area contributed by atoms with Gasteiger partial charge in [0.25, 0.3) is 0 Å². The van der Waals surface area contributed by atoms with E-state index in [-0.39, 0.29) is 24.7 Å². The molecule has 0 amide bonds. The van der Waals surface area contributed by atoms with Gasteiger partial charge in [-0.05, 0) is 56.0 Å². The molecule has 0 aliphatic rings. The summed E-state index contributed by atoms with van der Waals surface area (Å²) < 4.78 is 7.42. The van der Waals surface area contributed by atoms with Gasteiger partial charge in [-0.2, -0.15) is 0 Å². The molecule has 0 aliphatic carbocycles. The Hall–Kier alpha value is -2.37. The number of fused-ring (bicyclic) bond motifs is 1. The molecule has 1 N–H and O–H groups in total. The summed E-state index contributed by atoms with van der Waals surface area (Å²) in [6.45, 7) is 4.29. The van der Waals surface area contributed by atoms with Crippen LogP contribution in [-0.2, 0) is 0 Å². The van der Waals surface area contributed by atoms with Crippen LogP contribution in [0.5, 0.6) is 5.75 Å². The molecule has 0 bridgehead atoms. The van der Waals surface area contributed by atoms with E-state index >= 15 is 0 Å². The van der Waals surface area contributed by atoms with Crippen LogP contribution in [0.15, 0.2) is 42.6 Å². The third-order valence-corrected chi connectivity index (χ3v) is 4.86. The minimum atomic E-state index is -0.0835. The zero-order valence-electron chi connectivity index (χ0n) is 15.5. The van der Waals surface area contributed by atoms with Crippen molar-refractivity contribution < 1.29 is 14.6 Å². The van der Waals surface area contributed by atoms with Crippen molar-refractivity contribution in [1.29, 1.82) is 0 Å². The fraction of sp³-hybridized carbons (Fsp3) is 0.333. The Labute approximate surface area is 163 Å². The Bertz CT molecular complexity index is 934. The Morgan fingerprint density at radius 1 is 1.30 bits per heavy atom. The van der Waals surface area contributed by atoms with Gasteiger partial charge in [-0.25, -0.2) is 4.98 Å². The minimum Gasteiger partial charge on any atom is -0.490 e. The molecule has 0 unspecified atom stereocenters. The molecule has 3 rings (SSSR count). The number of ether oxygens (including phenoxy) is 1. The number of ketones is 1. The van der Waals surface area contributed by atoms with Gasteiger partial charge in [-0.15, -0.1) is 0 Å². The summed E-state index contributed by atoms with van der Waals surface area (Å²) in [6, 6.07) is 11.1. The number of pyridine rings is 1. The van der Waals surface area contributed by atoms with E-state index in [1.807, 2.05) is 44.3 Å². The number of nitrogens with zero attached hydrogens (tertiary/aromatic N) is 2. The highest BCUT2D eigenvalue weighted by atomic mass is 35.5. The average Bonchev–Trinajstić information content (AvgIpc) is 2.99. The molecule has 1 aromatic carbocycles. The van der Waals surface area contributed by atoms with Crippen molar-refractivity contribution in [3.05, 3.63) is 64.6 Å². The molecule has 6 heteroatoms. The van der Waals surface area contributed by atoms with Crippen LogP contribution in [-0.4, -0.2) is 33.5 Å². The van der Waals surface area contributed by atoms with Crippen molar-refractivity contribution in [2.75, 3.05) is 13.2 Å². The summed E-state index contributed by atoms with van der Waals surface area (Å²) in [6.07, 6.45) is 2.62. The Kier molecular flexibility index (Phi) is 6.14. The van der Waals surface area contributed by atoms with E-state index in [1.54, 1.807) is 16.5 Å². The maximum atomic E-state index is 13.1. The number of hydrogen-bond acceptors (Lipinski definition) is 4. The molecular weight excluding hydrogens is 364 g/mol. The molecule has 142 valence electrons. The lowest BCUT2D eigenvalue weighted by Gasteiger charge is -2.16. The van der Waals surface area contributed by atoms with Gasteiger partial charge in [-0.1, -0.05) is 23.7 Å². The summed E-state index contributed by atoms with van der Waals surface area (Å²) in [5, 5.41) is 10.1. The summed E-state index contributed by atoms with van der Waals surface area (Å²) >= 11 is 5.97. The molecular formula is C21H23ClN2O3. The van der Waals surface area contributed by atoms with Crippen LogP contribution in [0.2, 0.25) is 5.02 Å². The predicted octanol–water partition coefficient (Wildman–Crippen LogP) is 4.43. The number of aliphatic hydroxyl groups excluding tert-OH is 1. The molecule has 27 heavy (non-hydrogen) atoms. The van der Waals surface area contributed by atoms with E-state index in [1.165, 1.54) is 0 Å². The van der Waals surface area contributed by atoms with Gasteiger partial charge in [0.15, 0.2) is 17.2 Å². The first-order valence-electron chi connectivity index (χ1n) is 9.05. The average molecular weight is 387 g/mol. The van der Waals surface area contributed by atoms with Gasteiger partial charge in [0.2, 0.25) is 0 Å². The number of hydrogen-bond donors (Lipinski definition) is 1. The second-order valence-electron chi connectivity index (χ2n) is 6.43. The third-order valence-electron chi connectivity index (χ3n) is 4.60. The molecule has 0 saturated heterocycles. The number of aromatic nitrogens is 2. The van der Waals surface area contributed by atoms with E-state index < -0.39 is 0 Å². The monoisotopic (exact) mass is 386 g/mol. The maximum absolute atomic E-state index is 13.1.